The van der Waals surface area contributed by atoms with Gasteiger partial charge in [0, 0.05) is 32.3 Å². The van der Waals surface area contributed by atoms with E-state index in [0.29, 0.717) is 105 Å². The molecule has 3 aliphatic rings. The lowest BCUT2D eigenvalue weighted by atomic mass is 9.75. The van der Waals surface area contributed by atoms with Crippen molar-refractivity contribution in [3.05, 3.63) is 67.1 Å². The number of pyridine rings is 3. The molecule has 6 heterocycles. The van der Waals surface area contributed by atoms with Crippen LogP contribution in [0.5, 0.6) is 0 Å². The summed E-state index contributed by atoms with van der Waals surface area (Å²) in [4.78, 5) is 42.5. The molecule has 194 valence electrons. The molecule has 3 aromatic heterocycles. The number of hydrogen-bond acceptors (Lipinski definition) is 9. The molecule has 40 heavy (non-hydrogen) atoms. The van der Waals surface area contributed by atoms with Crippen LogP contribution in [-0.2, 0) is 27.9 Å². The molecule has 13 heteroatoms. The molecule has 0 unspecified atom stereocenters. The van der Waals surface area contributed by atoms with Gasteiger partial charge in [-0.05, 0) is 52.8 Å². The fourth-order valence-electron chi connectivity index (χ4n) is 6.56. The Morgan fingerprint density at radius 1 is 0.425 bits per heavy atom. The Morgan fingerprint density at radius 2 is 0.650 bits per heavy atom. The van der Waals surface area contributed by atoms with E-state index in [0.717, 1.165) is 0 Å². The van der Waals surface area contributed by atoms with Crippen LogP contribution in [0.2, 0.25) is 0 Å². The average Bonchev–Trinajstić information content (AvgIpc) is 3.79. The lowest BCUT2D eigenvalue weighted by Gasteiger charge is -2.20. The average molecular weight is 533 g/mol. The van der Waals surface area contributed by atoms with Crippen LogP contribution in [0.3, 0.4) is 0 Å². The van der Waals surface area contributed by atoms with Crippen molar-refractivity contribution in [2.75, 3.05) is 39.6 Å². The molecule has 3 aliphatic heterocycles. The third kappa shape index (κ3) is 2.99. The number of nitrogens with zero attached hydrogens (tertiary/aromatic N) is 1. The molecule has 0 radical (unpaired) electrons. The second-order valence-electron chi connectivity index (χ2n) is 10.4. The fraction of sp³-hybridized carbons (Fsp3) is 0.222. The molecule has 6 aromatic rings. The zero-order valence-electron chi connectivity index (χ0n) is 21.1. The first-order valence-corrected chi connectivity index (χ1v) is 13.3. The molecule has 10 nitrogen and oxygen atoms in total. The molecule has 0 amide bonds. The topological polar surface area (TPSA) is 111 Å². The van der Waals surface area contributed by atoms with Gasteiger partial charge in [-0.3, -0.25) is 14.4 Å². The summed E-state index contributed by atoms with van der Waals surface area (Å²) in [6.07, 6.45) is 0. The Balaban J connectivity index is 1.52. The van der Waals surface area contributed by atoms with E-state index >= 15 is 0 Å². The van der Waals surface area contributed by atoms with E-state index < -0.39 is 21.4 Å². The van der Waals surface area contributed by atoms with Gasteiger partial charge in [0.25, 0.3) is 0 Å². The molecule has 0 bridgehead atoms. The van der Waals surface area contributed by atoms with E-state index in [1.807, 2.05) is 4.40 Å². The van der Waals surface area contributed by atoms with E-state index in [1.54, 1.807) is 36.4 Å². The Kier molecular flexibility index (Phi) is 4.76. The summed E-state index contributed by atoms with van der Waals surface area (Å²) in [6, 6.07) is 10.4. The molecule has 0 N–H and O–H groups in total. The molecular formula is C27H18B3NO9. The van der Waals surface area contributed by atoms with Gasteiger partial charge in [0.1, 0.15) is 0 Å². The van der Waals surface area contributed by atoms with E-state index in [1.165, 1.54) is 0 Å². The molecular weight excluding hydrogens is 515 g/mol. The van der Waals surface area contributed by atoms with E-state index in [-0.39, 0.29) is 16.3 Å². The standard InChI is InChI=1S/C27H18B3NO9/c32-25-16-7-13(28-35-1-2-36-28)8-17-22(16)31-23-18(25)9-14(29-37-3-4-38-29)11-20(23)27(34)21-12-15(30-39-5-6-40-30)10-19(24(21)31)26(17)33/h7-12H,1-6H2. The van der Waals surface area contributed by atoms with Crippen molar-refractivity contribution >= 4 is 86.6 Å². The lowest BCUT2D eigenvalue weighted by molar-refractivity contribution is 0.365. The van der Waals surface area contributed by atoms with Gasteiger partial charge in [0.2, 0.25) is 0 Å². The van der Waals surface area contributed by atoms with Crippen LogP contribution in [0, 0.1) is 0 Å². The molecule has 3 fully saturated rings. The molecule has 3 saturated heterocycles. The Labute approximate surface area is 225 Å². The maximum absolute atomic E-state index is 14.2. The predicted octanol–water partition coefficient (Wildman–Crippen LogP) is -0.828. The molecule has 0 spiro atoms. The number of aromatic nitrogens is 1. The van der Waals surface area contributed by atoms with Gasteiger partial charge in [-0.2, -0.15) is 0 Å². The van der Waals surface area contributed by atoms with Crippen molar-refractivity contribution in [2.24, 2.45) is 0 Å². The summed E-state index contributed by atoms with van der Waals surface area (Å²) in [6.45, 7) is 2.51. The smallest absolute Gasteiger partial charge is 0.405 e. The summed E-state index contributed by atoms with van der Waals surface area (Å²) in [5, 5.41) is 2.09. The van der Waals surface area contributed by atoms with E-state index in [2.05, 4.69) is 0 Å². The zero-order chi connectivity index (χ0) is 26.7. The highest BCUT2D eigenvalue weighted by Crippen LogP contribution is 2.31. The van der Waals surface area contributed by atoms with Gasteiger partial charge < -0.3 is 32.3 Å². The van der Waals surface area contributed by atoms with Crippen molar-refractivity contribution in [3.8, 4) is 0 Å². The van der Waals surface area contributed by atoms with Crippen LogP contribution in [0.15, 0.2) is 50.8 Å². The number of benzene rings is 3. The summed E-state index contributed by atoms with van der Waals surface area (Å²) < 4.78 is 36.3. The van der Waals surface area contributed by atoms with Crippen LogP contribution < -0.4 is 32.7 Å². The Bertz CT molecular complexity index is 1820. The van der Waals surface area contributed by atoms with Gasteiger partial charge in [-0.1, -0.05) is 0 Å². The van der Waals surface area contributed by atoms with Crippen LogP contribution >= 0.6 is 0 Å². The first kappa shape index (κ1) is 23.2. The normalized spacial score (nSPS) is 18.4. The third-order valence-electron chi connectivity index (χ3n) is 8.22. The minimum absolute atomic E-state index is 0.291. The fourth-order valence-corrected chi connectivity index (χ4v) is 6.56. The van der Waals surface area contributed by atoms with Gasteiger partial charge in [0.15, 0.2) is 16.3 Å². The minimum atomic E-state index is -0.683. The summed E-state index contributed by atoms with van der Waals surface area (Å²) in [5.41, 5.74) is 2.29. The van der Waals surface area contributed by atoms with Gasteiger partial charge in [-0.25, -0.2) is 0 Å². The van der Waals surface area contributed by atoms with Crippen molar-refractivity contribution in [2.45, 2.75) is 0 Å². The minimum Gasteiger partial charge on any atom is -0.405 e. The second-order valence-corrected chi connectivity index (χ2v) is 10.4. The maximum atomic E-state index is 14.2. The molecule has 3 aromatic carbocycles. The van der Waals surface area contributed by atoms with E-state index in [4.69, 9.17) is 27.9 Å². The highest BCUT2D eigenvalue weighted by Gasteiger charge is 2.34. The summed E-state index contributed by atoms with van der Waals surface area (Å²) in [7, 11) is -2.05. The highest BCUT2D eigenvalue weighted by atomic mass is 16.6. The first-order chi connectivity index (χ1) is 19.6. The number of hydrogen-bond donors (Lipinski definition) is 0. The van der Waals surface area contributed by atoms with Crippen LogP contribution in [0.1, 0.15) is 0 Å². The second kappa shape index (κ2) is 8.23. The van der Waals surface area contributed by atoms with Gasteiger partial charge >= 0.3 is 21.4 Å². The molecule has 0 aliphatic carbocycles. The highest BCUT2D eigenvalue weighted by molar-refractivity contribution is 6.63. The van der Waals surface area contributed by atoms with Crippen LogP contribution in [0.4, 0.5) is 0 Å². The van der Waals surface area contributed by atoms with Crippen LogP contribution in [-0.4, -0.2) is 65.4 Å². The third-order valence-corrected chi connectivity index (χ3v) is 8.22. The summed E-state index contributed by atoms with van der Waals surface area (Å²) >= 11 is 0. The van der Waals surface area contributed by atoms with Crippen molar-refractivity contribution in [1.82, 2.24) is 4.40 Å². The molecule has 0 saturated carbocycles. The van der Waals surface area contributed by atoms with Crippen molar-refractivity contribution in [1.29, 1.82) is 0 Å². The zero-order valence-corrected chi connectivity index (χ0v) is 21.1. The maximum Gasteiger partial charge on any atom is 0.494 e. The van der Waals surface area contributed by atoms with Crippen molar-refractivity contribution in [3.63, 3.8) is 0 Å². The lowest BCUT2D eigenvalue weighted by Crippen LogP contribution is -2.35. The number of rotatable bonds is 3. The molecule has 9 rings (SSSR count). The van der Waals surface area contributed by atoms with Crippen molar-refractivity contribution < 1.29 is 27.9 Å². The van der Waals surface area contributed by atoms with Crippen LogP contribution in [0.25, 0.3) is 48.9 Å². The molecule has 0 atom stereocenters. The largest absolute Gasteiger partial charge is 0.494 e. The van der Waals surface area contributed by atoms with E-state index in [9.17, 15) is 14.4 Å². The quantitative estimate of drug-likeness (QED) is 0.164. The summed E-state index contributed by atoms with van der Waals surface area (Å²) in [5.74, 6) is 0. The predicted molar refractivity (Wildman–Crippen MR) is 152 cm³/mol. The SMILES string of the molecule is O=c1c2cc(B3OCCO3)cc3c(=O)c4cc(B5OCCO5)cc5c(=O)c6cc(B7OCCO7)cc1c6n(c23)c45. The monoisotopic (exact) mass is 533 g/mol. The Morgan fingerprint density at radius 3 is 0.875 bits per heavy atom. The van der Waals surface area contributed by atoms with Gasteiger partial charge in [-0.15, -0.1) is 0 Å². The first-order valence-electron chi connectivity index (χ1n) is 13.3. The van der Waals surface area contributed by atoms with Gasteiger partial charge in [0.05, 0.1) is 56.2 Å². The Hall–Kier alpha value is -3.58.